The summed E-state index contributed by atoms with van der Waals surface area (Å²) in [7, 11) is 2.96. The molecule has 0 rings (SSSR count). The quantitative estimate of drug-likeness (QED) is 0.288. The van der Waals surface area contributed by atoms with Crippen molar-refractivity contribution >= 4 is 56.6 Å². The molecule has 0 N–H and O–H groups in total. The van der Waals surface area contributed by atoms with Crippen LogP contribution in [-0.2, 0) is 9.59 Å². The first-order valence-electron chi connectivity index (χ1n) is 8.28. The van der Waals surface area contributed by atoms with Gasteiger partial charge >= 0.3 is 0 Å². The minimum Gasteiger partial charge on any atom is -0.342 e. The van der Waals surface area contributed by atoms with Crippen LogP contribution in [0.1, 0.15) is 41.5 Å². The minimum atomic E-state index is -0.949. The summed E-state index contributed by atoms with van der Waals surface area (Å²) in [5.74, 6) is 0.798. The number of rotatable bonds is 11. The number of amides is 2. The maximum absolute atomic E-state index is 12.4. The molecule has 0 aliphatic rings. The standard InChI is InChI=1S/C16H30Cl2N2O2S2/c1-7-19(8-2)13(21)15(5,17)11-23-24-12-16(6,18)14(22)20(9-3)10-4/h7-12H2,1-6H3/t15-,16-/m0/s1. The SMILES string of the molecule is CCN(CC)C(=O)[C@@](C)(Cl)CSSC[C@](C)(Cl)C(=O)N(CC)CC. The fraction of sp³-hybridized carbons (Fsp3) is 0.875. The van der Waals surface area contributed by atoms with Gasteiger partial charge in [-0.15, -0.1) is 23.2 Å². The Morgan fingerprint density at radius 3 is 1.21 bits per heavy atom. The van der Waals surface area contributed by atoms with Crippen molar-refractivity contribution in [3.8, 4) is 0 Å². The molecule has 0 aliphatic carbocycles. The van der Waals surface area contributed by atoms with Crippen LogP contribution in [0.15, 0.2) is 0 Å². The Hall–Kier alpha value is 0.220. The zero-order chi connectivity index (χ0) is 19.0. The van der Waals surface area contributed by atoms with Crippen molar-refractivity contribution in [1.82, 2.24) is 9.80 Å². The molecule has 0 fully saturated rings. The average Bonchev–Trinajstić information content (AvgIpc) is 2.53. The van der Waals surface area contributed by atoms with Gasteiger partial charge in [0.25, 0.3) is 0 Å². The number of nitrogens with zero attached hydrogens (tertiary/aromatic N) is 2. The van der Waals surface area contributed by atoms with E-state index in [0.717, 1.165) is 0 Å². The number of carbonyl (C=O) groups is 2. The topological polar surface area (TPSA) is 40.6 Å². The maximum atomic E-state index is 12.4. The van der Waals surface area contributed by atoms with E-state index in [9.17, 15) is 9.59 Å². The third-order valence-corrected chi connectivity index (χ3v) is 7.41. The molecule has 0 bridgehead atoms. The van der Waals surface area contributed by atoms with Gasteiger partial charge in [0.1, 0.15) is 9.75 Å². The average molecular weight is 417 g/mol. The van der Waals surface area contributed by atoms with Gasteiger partial charge in [-0.3, -0.25) is 9.59 Å². The molecule has 142 valence electrons. The number of halogens is 2. The first-order chi connectivity index (χ1) is 11.1. The van der Waals surface area contributed by atoms with Gasteiger partial charge in [0, 0.05) is 37.7 Å². The molecule has 24 heavy (non-hydrogen) atoms. The molecular weight excluding hydrogens is 387 g/mol. The molecule has 0 saturated carbocycles. The zero-order valence-electron chi connectivity index (χ0n) is 15.5. The van der Waals surface area contributed by atoms with Gasteiger partial charge in [0.2, 0.25) is 11.8 Å². The van der Waals surface area contributed by atoms with E-state index in [1.165, 1.54) is 21.6 Å². The minimum absolute atomic E-state index is 0.0601. The Morgan fingerprint density at radius 2 is 1.00 bits per heavy atom. The van der Waals surface area contributed by atoms with E-state index in [-0.39, 0.29) is 11.8 Å². The molecule has 0 aliphatic heterocycles. The van der Waals surface area contributed by atoms with E-state index in [2.05, 4.69) is 0 Å². The fourth-order valence-electron chi connectivity index (χ4n) is 2.11. The van der Waals surface area contributed by atoms with E-state index in [0.29, 0.717) is 37.7 Å². The largest absolute Gasteiger partial charge is 0.342 e. The lowest BCUT2D eigenvalue weighted by atomic mass is 10.1. The second kappa shape index (κ2) is 11.0. The highest BCUT2D eigenvalue weighted by Gasteiger charge is 2.36. The van der Waals surface area contributed by atoms with Crippen LogP contribution in [0.4, 0.5) is 0 Å². The Balaban J connectivity index is 4.51. The van der Waals surface area contributed by atoms with Crippen molar-refractivity contribution in [2.45, 2.75) is 51.3 Å². The summed E-state index contributed by atoms with van der Waals surface area (Å²) >= 11 is 12.8. The zero-order valence-corrected chi connectivity index (χ0v) is 18.7. The van der Waals surface area contributed by atoms with Crippen LogP contribution in [0.3, 0.4) is 0 Å². The van der Waals surface area contributed by atoms with E-state index in [1.807, 2.05) is 27.7 Å². The Kier molecular flexibility index (Phi) is 11.1. The van der Waals surface area contributed by atoms with Gasteiger partial charge < -0.3 is 9.80 Å². The smallest absolute Gasteiger partial charge is 0.244 e. The fourth-order valence-corrected chi connectivity index (χ4v) is 5.83. The van der Waals surface area contributed by atoms with Crippen molar-refractivity contribution in [1.29, 1.82) is 0 Å². The predicted molar refractivity (Wildman–Crippen MR) is 109 cm³/mol. The number of alkyl halides is 2. The number of hydrogen-bond acceptors (Lipinski definition) is 4. The molecule has 2 amide bonds. The summed E-state index contributed by atoms with van der Waals surface area (Å²) in [4.78, 5) is 26.3. The highest BCUT2D eigenvalue weighted by atomic mass is 35.5. The molecule has 0 unspecified atom stereocenters. The third-order valence-electron chi connectivity index (χ3n) is 3.74. The van der Waals surface area contributed by atoms with Gasteiger partial charge in [-0.1, -0.05) is 21.6 Å². The molecule has 8 heteroatoms. The van der Waals surface area contributed by atoms with Crippen LogP contribution in [0.2, 0.25) is 0 Å². The molecule has 0 aromatic heterocycles. The molecule has 0 aromatic rings. The van der Waals surface area contributed by atoms with Crippen LogP contribution in [-0.4, -0.2) is 69.0 Å². The lowest BCUT2D eigenvalue weighted by Gasteiger charge is -2.30. The summed E-state index contributed by atoms with van der Waals surface area (Å²) in [5.41, 5.74) is 0. The molecule has 2 atom stereocenters. The summed E-state index contributed by atoms with van der Waals surface area (Å²) in [6, 6.07) is 0. The van der Waals surface area contributed by atoms with E-state index < -0.39 is 9.75 Å². The molecular formula is C16H30Cl2N2O2S2. The molecule has 0 heterocycles. The van der Waals surface area contributed by atoms with Gasteiger partial charge in [0.15, 0.2) is 0 Å². The molecule has 0 aromatic carbocycles. The lowest BCUT2D eigenvalue weighted by molar-refractivity contribution is -0.133. The molecule has 0 radical (unpaired) electrons. The highest BCUT2D eigenvalue weighted by Crippen LogP contribution is 2.35. The molecule has 4 nitrogen and oxygen atoms in total. The van der Waals surface area contributed by atoms with E-state index in [1.54, 1.807) is 23.6 Å². The van der Waals surface area contributed by atoms with E-state index >= 15 is 0 Å². The van der Waals surface area contributed by atoms with E-state index in [4.69, 9.17) is 23.2 Å². The monoisotopic (exact) mass is 416 g/mol. The summed E-state index contributed by atoms with van der Waals surface area (Å²) in [6.45, 7) is 13.8. The van der Waals surface area contributed by atoms with Crippen molar-refractivity contribution in [3.63, 3.8) is 0 Å². The Bertz CT molecular complexity index is 375. The van der Waals surface area contributed by atoms with Crippen LogP contribution < -0.4 is 0 Å². The summed E-state index contributed by atoms with van der Waals surface area (Å²) in [6.07, 6.45) is 0. The van der Waals surface area contributed by atoms with Crippen LogP contribution >= 0.6 is 44.8 Å². The second-order valence-corrected chi connectivity index (χ2v) is 10.0. The Labute approximate surface area is 164 Å². The van der Waals surface area contributed by atoms with Gasteiger partial charge in [-0.05, 0) is 41.5 Å². The van der Waals surface area contributed by atoms with Gasteiger partial charge in [0.05, 0.1) is 0 Å². The van der Waals surface area contributed by atoms with Crippen LogP contribution in [0, 0.1) is 0 Å². The highest BCUT2D eigenvalue weighted by molar-refractivity contribution is 8.76. The number of hydrogen-bond donors (Lipinski definition) is 0. The first kappa shape index (κ1) is 24.2. The second-order valence-electron chi connectivity index (χ2n) is 5.87. The Morgan fingerprint density at radius 1 is 0.750 bits per heavy atom. The third kappa shape index (κ3) is 7.22. The van der Waals surface area contributed by atoms with Crippen LogP contribution in [0.25, 0.3) is 0 Å². The van der Waals surface area contributed by atoms with Gasteiger partial charge in [-0.25, -0.2) is 0 Å². The molecule has 0 saturated heterocycles. The van der Waals surface area contributed by atoms with Crippen molar-refractivity contribution in [2.24, 2.45) is 0 Å². The summed E-state index contributed by atoms with van der Waals surface area (Å²) < 4.78 is 0. The summed E-state index contributed by atoms with van der Waals surface area (Å²) in [5, 5.41) is 0. The van der Waals surface area contributed by atoms with Crippen LogP contribution in [0.5, 0.6) is 0 Å². The predicted octanol–water partition coefficient (Wildman–Crippen LogP) is 4.10. The van der Waals surface area contributed by atoms with Crippen molar-refractivity contribution < 1.29 is 9.59 Å². The maximum Gasteiger partial charge on any atom is 0.244 e. The van der Waals surface area contributed by atoms with Crippen molar-refractivity contribution in [2.75, 3.05) is 37.7 Å². The lowest BCUT2D eigenvalue weighted by Crippen LogP contribution is -2.45. The normalized spacial score (nSPS) is 16.2. The first-order valence-corrected chi connectivity index (χ1v) is 11.5. The van der Waals surface area contributed by atoms with Crippen molar-refractivity contribution in [3.05, 3.63) is 0 Å². The molecule has 0 spiro atoms. The number of carbonyl (C=O) groups excluding carboxylic acids is 2. The van der Waals surface area contributed by atoms with Gasteiger partial charge in [-0.2, -0.15) is 0 Å².